The van der Waals surface area contributed by atoms with Crippen molar-refractivity contribution < 1.29 is 4.43 Å². The summed E-state index contributed by atoms with van der Waals surface area (Å²) in [5.74, 6) is 0.868. The fraction of sp³-hybridized carbons (Fsp3) is 0.667. The molecule has 1 aliphatic heterocycles. The highest BCUT2D eigenvalue weighted by atomic mass is 28.4. The van der Waals surface area contributed by atoms with Crippen molar-refractivity contribution in [2.75, 3.05) is 19.7 Å². The van der Waals surface area contributed by atoms with E-state index >= 15 is 0 Å². The minimum atomic E-state index is -1.32. The van der Waals surface area contributed by atoms with Gasteiger partial charge in [-0.3, -0.25) is 4.90 Å². The van der Waals surface area contributed by atoms with E-state index in [9.17, 15) is 0 Å². The minimum absolute atomic E-state index is 0.868. The van der Waals surface area contributed by atoms with E-state index in [0.717, 1.165) is 19.1 Å². The molecule has 0 aliphatic carbocycles. The second kappa shape index (κ2) is 8.11. The highest BCUT2D eigenvalue weighted by Crippen LogP contribution is 2.22. The molecule has 0 aromatic heterocycles. The van der Waals surface area contributed by atoms with Gasteiger partial charge in [0.25, 0.3) is 0 Å². The normalized spacial score (nSPS) is 20.6. The smallest absolute Gasteiger partial charge is 0.183 e. The first-order chi connectivity index (χ1) is 10.0. The van der Waals surface area contributed by atoms with Gasteiger partial charge in [0.2, 0.25) is 0 Å². The standard InChI is InChI=1S/C18H31NOSi/c1-21(2,3)20-14-8-12-18-11-7-13-19(16-18)15-17-9-5-4-6-10-17/h4-6,9-10,18H,7-8,11-16H2,1-3H3/t18-/m0/s1. The first kappa shape index (κ1) is 16.7. The molecule has 0 unspecified atom stereocenters. The van der Waals surface area contributed by atoms with Crippen LogP contribution in [0.1, 0.15) is 31.2 Å². The van der Waals surface area contributed by atoms with Gasteiger partial charge in [0.1, 0.15) is 0 Å². The van der Waals surface area contributed by atoms with Crippen LogP contribution in [-0.2, 0) is 11.0 Å². The van der Waals surface area contributed by atoms with Crippen LogP contribution in [0.2, 0.25) is 19.6 Å². The summed E-state index contributed by atoms with van der Waals surface area (Å²) in [6.07, 6.45) is 5.31. The average molecular weight is 306 g/mol. The van der Waals surface area contributed by atoms with Crippen molar-refractivity contribution in [2.24, 2.45) is 5.92 Å². The molecule has 1 aromatic carbocycles. The summed E-state index contributed by atoms with van der Waals surface area (Å²) < 4.78 is 5.97. The van der Waals surface area contributed by atoms with Gasteiger partial charge in [0.05, 0.1) is 0 Å². The van der Waals surface area contributed by atoms with Crippen LogP contribution in [0.15, 0.2) is 30.3 Å². The Morgan fingerprint density at radius 2 is 1.95 bits per heavy atom. The molecule has 0 spiro atoms. The first-order valence-corrected chi connectivity index (χ1v) is 11.8. The molecule has 0 radical (unpaired) electrons. The van der Waals surface area contributed by atoms with E-state index in [-0.39, 0.29) is 0 Å². The van der Waals surface area contributed by atoms with Crippen molar-refractivity contribution in [1.29, 1.82) is 0 Å². The third-order valence-electron chi connectivity index (χ3n) is 4.14. The van der Waals surface area contributed by atoms with Gasteiger partial charge in [0.15, 0.2) is 8.32 Å². The third kappa shape index (κ3) is 6.77. The largest absolute Gasteiger partial charge is 0.418 e. The van der Waals surface area contributed by atoms with Crippen molar-refractivity contribution in [3.05, 3.63) is 35.9 Å². The van der Waals surface area contributed by atoms with E-state index < -0.39 is 8.32 Å². The van der Waals surface area contributed by atoms with Crippen molar-refractivity contribution in [3.63, 3.8) is 0 Å². The topological polar surface area (TPSA) is 12.5 Å². The number of nitrogens with zero attached hydrogens (tertiary/aromatic N) is 1. The molecule has 21 heavy (non-hydrogen) atoms. The zero-order valence-corrected chi connectivity index (χ0v) is 15.0. The SMILES string of the molecule is C[Si](C)(C)OCCC[C@@H]1CCCN(Cc2ccccc2)C1. The summed E-state index contributed by atoms with van der Waals surface area (Å²) in [5, 5.41) is 0. The van der Waals surface area contributed by atoms with Crippen molar-refractivity contribution in [2.45, 2.75) is 51.9 Å². The number of likely N-dealkylation sites (tertiary alicyclic amines) is 1. The highest BCUT2D eigenvalue weighted by molar-refractivity contribution is 6.69. The molecule has 0 N–H and O–H groups in total. The number of hydrogen-bond acceptors (Lipinski definition) is 2. The number of benzene rings is 1. The Hall–Kier alpha value is -0.643. The lowest BCUT2D eigenvalue weighted by Crippen LogP contribution is -2.35. The zero-order valence-electron chi connectivity index (χ0n) is 14.0. The van der Waals surface area contributed by atoms with Crippen molar-refractivity contribution >= 4 is 8.32 Å². The molecule has 1 fully saturated rings. The van der Waals surface area contributed by atoms with Crippen LogP contribution in [0.3, 0.4) is 0 Å². The van der Waals surface area contributed by atoms with Crippen LogP contribution in [-0.4, -0.2) is 32.9 Å². The molecule has 1 aromatic rings. The van der Waals surface area contributed by atoms with Crippen LogP contribution in [0.4, 0.5) is 0 Å². The van der Waals surface area contributed by atoms with Crippen LogP contribution in [0, 0.1) is 5.92 Å². The maximum Gasteiger partial charge on any atom is 0.183 e. The van der Waals surface area contributed by atoms with Gasteiger partial charge in [-0.1, -0.05) is 30.3 Å². The van der Waals surface area contributed by atoms with E-state index in [2.05, 4.69) is 54.9 Å². The Morgan fingerprint density at radius 1 is 1.19 bits per heavy atom. The summed E-state index contributed by atoms with van der Waals surface area (Å²) in [7, 11) is -1.32. The minimum Gasteiger partial charge on any atom is -0.418 e. The molecule has 1 aliphatic rings. The Kier molecular flexibility index (Phi) is 6.46. The van der Waals surface area contributed by atoms with Crippen LogP contribution < -0.4 is 0 Å². The molecule has 2 nitrogen and oxygen atoms in total. The van der Waals surface area contributed by atoms with Crippen LogP contribution >= 0.6 is 0 Å². The maximum atomic E-state index is 5.97. The lowest BCUT2D eigenvalue weighted by atomic mass is 9.93. The molecular weight excluding hydrogens is 274 g/mol. The average Bonchev–Trinajstić information content (AvgIpc) is 2.44. The van der Waals surface area contributed by atoms with Crippen LogP contribution in [0.25, 0.3) is 0 Å². The van der Waals surface area contributed by atoms with Crippen molar-refractivity contribution in [3.8, 4) is 0 Å². The van der Waals surface area contributed by atoms with E-state index in [1.165, 1.54) is 44.3 Å². The maximum absolute atomic E-state index is 5.97. The van der Waals surface area contributed by atoms with Gasteiger partial charge in [-0.25, -0.2) is 0 Å². The summed E-state index contributed by atoms with van der Waals surface area (Å²) >= 11 is 0. The summed E-state index contributed by atoms with van der Waals surface area (Å²) in [5.41, 5.74) is 1.44. The summed E-state index contributed by atoms with van der Waals surface area (Å²) in [6.45, 7) is 11.4. The van der Waals surface area contributed by atoms with E-state index in [1.807, 2.05) is 0 Å². The Labute approximate surface area is 131 Å². The Morgan fingerprint density at radius 3 is 2.67 bits per heavy atom. The zero-order chi connectivity index (χ0) is 15.1. The van der Waals surface area contributed by atoms with Crippen molar-refractivity contribution in [1.82, 2.24) is 4.90 Å². The van der Waals surface area contributed by atoms with Gasteiger partial charge < -0.3 is 4.43 Å². The Balaban J connectivity index is 1.69. The molecule has 1 heterocycles. The molecule has 118 valence electrons. The fourth-order valence-corrected chi connectivity index (χ4v) is 3.88. The summed E-state index contributed by atoms with van der Waals surface area (Å²) in [6, 6.07) is 10.9. The molecule has 1 saturated heterocycles. The third-order valence-corrected chi connectivity index (χ3v) is 5.21. The molecule has 1 atom stereocenters. The van der Waals surface area contributed by atoms with Gasteiger partial charge in [-0.15, -0.1) is 0 Å². The van der Waals surface area contributed by atoms with Gasteiger partial charge in [0, 0.05) is 19.7 Å². The van der Waals surface area contributed by atoms with Crippen LogP contribution in [0.5, 0.6) is 0 Å². The number of rotatable bonds is 7. The second-order valence-corrected chi connectivity index (χ2v) is 11.8. The van der Waals surface area contributed by atoms with Gasteiger partial charge in [-0.05, 0) is 63.4 Å². The lowest BCUT2D eigenvalue weighted by Gasteiger charge is -2.33. The monoisotopic (exact) mass is 305 g/mol. The Bertz CT molecular complexity index is 401. The van der Waals surface area contributed by atoms with E-state index in [0.29, 0.717) is 0 Å². The van der Waals surface area contributed by atoms with Gasteiger partial charge in [-0.2, -0.15) is 0 Å². The van der Waals surface area contributed by atoms with E-state index in [1.54, 1.807) is 0 Å². The summed E-state index contributed by atoms with van der Waals surface area (Å²) in [4.78, 5) is 2.63. The lowest BCUT2D eigenvalue weighted by molar-refractivity contribution is 0.154. The van der Waals surface area contributed by atoms with Gasteiger partial charge >= 0.3 is 0 Å². The molecule has 3 heteroatoms. The molecule has 0 amide bonds. The fourth-order valence-electron chi connectivity index (χ4n) is 3.12. The molecule has 0 bridgehead atoms. The van der Waals surface area contributed by atoms with E-state index in [4.69, 9.17) is 4.43 Å². The number of piperidine rings is 1. The molecular formula is C18H31NOSi. The predicted molar refractivity (Wildman–Crippen MR) is 93.0 cm³/mol. The molecule has 0 saturated carbocycles. The quantitative estimate of drug-likeness (QED) is 0.542. The first-order valence-electron chi connectivity index (χ1n) is 8.43. The number of hydrogen-bond donors (Lipinski definition) is 0. The highest BCUT2D eigenvalue weighted by Gasteiger charge is 2.20. The predicted octanol–water partition coefficient (Wildman–Crippen LogP) is 4.53. The molecule has 2 rings (SSSR count). The second-order valence-electron chi connectivity index (χ2n) is 7.33.